The summed E-state index contributed by atoms with van der Waals surface area (Å²) in [6.45, 7) is 0.622. The van der Waals surface area contributed by atoms with Gasteiger partial charge in [0.2, 0.25) is 0 Å². The van der Waals surface area contributed by atoms with Crippen LogP contribution in [0.4, 0.5) is 0 Å². The van der Waals surface area contributed by atoms with Gasteiger partial charge in [-0.3, -0.25) is 4.79 Å². The molecule has 6 heteroatoms. The lowest BCUT2D eigenvalue weighted by atomic mass is 10.1. The fraction of sp³-hybridized carbons (Fsp3) is 0.174. The molecule has 29 heavy (non-hydrogen) atoms. The van der Waals surface area contributed by atoms with Crippen LogP contribution in [0.15, 0.2) is 71.3 Å². The first-order valence-corrected chi connectivity index (χ1v) is 9.81. The Morgan fingerprint density at radius 2 is 1.90 bits per heavy atom. The second kappa shape index (κ2) is 8.45. The van der Waals surface area contributed by atoms with E-state index in [1.165, 1.54) is 0 Å². The maximum Gasteiger partial charge on any atom is 0.253 e. The van der Waals surface area contributed by atoms with Crippen LogP contribution in [0.3, 0.4) is 0 Å². The first kappa shape index (κ1) is 19.2. The molecule has 0 saturated heterocycles. The molecule has 0 radical (unpaired) electrons. The molecule has 0 bridgehead atoms. The number of halogens is 1. The van der Waals surface area contributed by atoms with Gasteiger partial charge in [-0.25, -0.2) is 4.98 Å². The molecular formula is C23H20ClN3O2. The monoisotopic (exact) mass is 405 g/mol. The predicted molar refractivity (Wildman–Crippen MR) is 114 cm³/mol. The highest BCUT2D eigenvalue weighted by atomic mass is 35.5. The van der Waals surface area contributed by atoms with Crippen molar-refractivity contribution in [2.45, 2.75) is 12.8 Å². The van der Waals surface area contributed by atoms with E-state index in [0.717, 1.165) is 40.8 Å². The van der Waals surface area contributed by atoms with Crippen molar-refractivity contribution in [1.29, 1.82) is 0 Å². The van der Waals surface area contributed by atoms with E-state index < -0.39 is 0 Å². The van der Waals surface area contributed by atoms with E-state index >= 15 is 0 Å². The van der Waals surface area contributed by atoms with Crippen molar-refractivity contribution < 1.29 is 9.32 Å². The van der Waals surface area contributed by atoms with Gasteiger partial charge in [0.15, 0.2) is 0 Å². The molecule has 0 fully saturated rings. The van der Waals surface area contributed by atoms with Crippen LogP contribution in [0, 0.1) is 0 Å². The Hall–Kier alpha value is -3.18. The molecule has 1 amide bonds. The predicted octanol–water partition coefficient (Wildman–Crippen LogP) is 5.25. The summed E-state index contributed by atoms with van der Waals surface area (Å²) >= 11 is 5.92. The molecule has 4 aromatic rings. The van der Waals surface area contributed by atoms with E-state index in [0.29, 0.717) is 17.3 Å². The molecule has 0 saturated carbocycles. The van der Waals surface area contributed by atoms with Crippen molar-refractivity contribution in [2.75, 3.05) is 13.6 Å². The summed E-state index contributed by atoms with van der Waals surface area (Å²) in [6, 6.07) is 20.9. The third-order valence-corrected chi connectivity index (χ3v) is 5.00. The summed E-state index contributed by atoms with van der Waals surface area (Å²) in [5.74, 6) is 0.794. The van der Waals surface area contributed by atoms with E-state index in [9.17, 15) is 4.79 Å². The number of amides is 1. The molecule has 0 aliphatic carbocycles. The molecule has 5 nitrogen and oxygen atoms in total. The Balaban J connectivity index is 1.35. The topological polar surface area (TPSA) is 59.2 Å². The van der Waals surface area contributed by atoms with Gasteiger partial charge in [-0.15, -0.1) is 0 Å². The van der Waals surface area contributed by atoms with E-state index in [1.807, 2.05) is 61.6 Å². The van der Waals surface area contributed by atoms with Crippen molar-refractivity contribution in [3.63, 3.8) is 0 Å². The van der Waals surface area contributed by atoms with Gasteiger partial charge in [0.05, 0.1) is 5.52 Å². The number of aromatic nitrogens is 2. The number of nitrogens with zero attached hydrogens (tertiary/aromatic N) is 3. The lowest BCUT2D eigenvalue weighted by Crippen LogP contribution is -2.28. The van der Waals surface area contributed by atoms with Gasteiger partial charge in [0, 0.05) is 42.6 Å². The molecule has 2 heterocycles. The Morgan fingerprint density at radius 3 is 2.72 bits per heavy atom. The number of aryl methyl sites for hydroxylation is 1. The Labute approximate surface area is 173 Å². The highest BCUT2D eigenvalue weighted by Gasteiger charge is 2.13. The fourth-order valence-electron chi connectivity index (χ4n) is 3.22. The molecule has 2 aromatic heterocycles. The number of fused-ring (bicyclic) bond motifs is 1. The summed E-state index contributed by atoms with van der Waals surface area (Å²) in [5, 5.41) is 5.46. The molecule has 0 spiro atoms. The van der Waals surface area contributed by atoms with Crippen LogP contribution in [0.2, 0.25) is 5.15 Å². The smallest absolute Gasteiger partial charge is 0.253 e. The van der Waals surface area contributed by atoms with Crippen molar-refractivity contribution in [1.82, 2.24) is 15.0 Å². The first-order valence-electron chi connectivity index (χ1n) is 9.43. The van der Waals surface area contributed by atoms with Gasteiger partial charge in [-0.1, -0.05) is 47.1 Å². The largest absolute Gasteiger partial charge is 0.361 e. The van der Waals surface area contributed by atoms with Crippen LogP contribution in [0.1, 0.15) is 22.5 Å². The summed E-state index contributed by atoms with van der Waals surface area (Å²) in [5.41, 5.74) is 3.27. The molecule has 0 aliphatic rings. The fourth-order valence-corrected chi connectivity index (χ4v) is 3.38. The average Bonchev–Trinajstić information content (AvgIpc) is 3.22. The maximum absolute atomic E-state index is 12.7. The van der Waals surface area contributed by atoms with Crippen LogP contribution in [0.25, 0.3) is 22.2 Å². The Bertz CT molecular complexity index is 1140. The van der Waals surface area contributed by atoms with Crippen LogP contribution in [0.5, 0.6) is 0 Å². The second-order valence-corrected chi connectivity index (χ2v) is 7.30. The van der Waals surface area contributed by atoms with Gasteiger partial charge >= 0.3 is 0 Å². The minimum Gasteiger partial charge on any atom is -0.361 e. The summed E-state index contributed by atoms with van der Waals surface area (Å²) < 4.78 is 5.43. The molecule has 146 valence electrons. The van der Waals surface area contributed by atoms with Crippen molar-refractivity contribution >= 4 is 28.4 Å². The van der Waals surface area contributed by atoms with Gasteiger partial charge < -0.3 is 9.42 Å². The van der Waals surface area contributed by atoms with Gasteiger partial charge in [0.25, 0.3) is 5.91 Å². The van der Waals surface area contributed by atoms with Crippen LogP contribution in [-0.4, -0.2) is 34.5 Å². The Kier molecular flexibility index (Phi) is 5.58. The lowest BCUT2D eigenvalue weighted by molar-refractivity contribution is 0.0793. The van der Waals surface area contributed by atoms with Crippen LogP contribution < -0.4 is 0 Å². The standard InChI is InChI=1S/C23H20ClN3O2/c1-27(23(28)18-9-11-20-17(14-18)10-12-22(24)25-20)13-5-8-19-15-21(26-29-19)16-6-3-2-4-7-16/h2-4,6-7,9-12,14-15H,5,8,13H2,1H3. The second-order valence-electron chi connectivity index (χ2n) is 6.92. The summed E-state index contributed by atoms with van der Waals surface area (Å²) in [7, 11) is 1.81. The maximum atomic E-state index is 12.7. The third-order valence-electron chi connectivity index (χ3n) is 4.79. The molecule has 2 aromatic carbocycles. The molecular weight excluding hydrogens is 386 g/mol. The SMILES string of the molecule is CN(CCCc1cc(-c2ccccc2)no1)C(=O)c1ccc2nc(Cl)ccc2c1. The molecule has 0 aliphatic heterocycles. The highest BCUT2D eigenvalue weighted by molar-refractivity contribution is 6.29. The number of carbonyl (C=O) groups excluding carboxylic acids is 1. The van der Waals surface area contributed by atoms with Crippen molar-refractivity contribution in [3.8, 4) is 11.3 Å². The van der Waals surface area contributed by atoms with Crippen LogP contribution >= 0.6 is 11.6 Å². The minimum atomic E-state index is -0.0237. The van der Waals surface area contributed by atoms with Crippen molar-refractivity contribution in [3.05, 3.63) is 83.2 Å². The molecule has 0 N–H and O–H groups in total. The van der Waals surface area contributed by atoms with Gasteiger partial charge in [0.1, 0.15) is 16.6 Å². The van der Waals surface area contributed by atoms with Gasteiger partial charge in [-0.2, -0.15) is 0 Å². The number of carbonyl (C=O) groups is 1. The van der Waals surface area contributed by atoms with E-state index in [2.05, 4.69) is 10.1 Å². The Morgan fingerprint density at radius 1 is 1.07 bits per heavy atom. The van der Waals surface area contributed by atoms with E-state index in [1.54, 1.807) is 17.0 Å². The minimum absolute atomic E-state index is 0.0237. The number of pyridine rings is 1. The van der Waals surface area contributed by atoms with Gasteiger partial charge in [-0.05, 0) is 36.8 Å². The number of benzene rings is 2. The van der Waals surface area contributed by atoms with E-state index in [-0.39, 0.29) is 5.91 Å². The number of hydrogen-bond acceptors (Lipinski definition) is 4. The number of hydrogen-bond donors (Lipinski definition) is 0. The zero-order valence-corrected chi connectivity index (χ0v) is 16.8. The summed E-state index contributed by atoms with van der Waals surface area (Å²) in [4.78, 5) is 18.7. The third kappa shape index (κ3) is 4.46. The molecule has 0 unspecified atom stereocenters. The zero-order valence-electron chi connectivity index (χ0n) is 16.0. The quantitative estimate of drug-likeness (QED) is 0.411. The first-order chi connectivity index (χ1) is 14.1. The lowest BCUT2D eigenvalue weighted by Gasteiger charge is -2.17. The van der Waals surface area contributed by atoms with Crippen LogP contribution in [-0.2, 0) is 6.42 Å². The summed E-state index contributed by atoms with van der Waals surface area (Å²) in [6.07, 6.45) is 1.51. The molecule has 0 atom stereocenters. The normalized spacial score (nSPS) is 11.0. The highest BCUT2D eigenvalue weighted by Crippen LogP contribution is 2.20. The van der Waals surface area contributed by atoms with Crippen molar-refractivity contribution in [2.24, 2.45) is 0 Å². The molecule has 4 rings (SSSR count). The average molecular weight is 406 g/mol. The zero-order chi connectivity index (χ0) is 20.2. The van der Waals surface area contributed by atoms with E-state index in [4.69, 9.17) is 16.1 Å². The number of rotatable bonds is 6.